The topological polar surface area (TPSA) is 59.4 Å². The van der Waals surface area contributed by atoms with Crippen molar-refractivity contribution >= 4 is 5.97 Å². The minimum atomic E-state index is -1.03. The second-order valence-electron chi connectivity index (χ2n) is 4.43. The van der Waals surface area contributed by atoms with Crippen LogP contribution in [0.25, 0.3) is 11.1 Å². The van der Waals surface area contributed by atoms with Gasteiger partial charge in [0.2, 0.25) is 0 Å². The number of aromatic nitrogens is 1. The fourth-order valence-corrected chi connectivity index (χ4v) is 1.73. The smallest absolute Gasteiger partial charge is 0.354 e. The summed E-state index contributed by atoms with van der Waals surface area (Å²) in [5.74, 6) is -0.229. The van der Waals surface area contributed by atoms with Gasteiger partial charge in [0.05, 0.1) is 6.10 Å². The lowest BCUT2D eigenvalue weighted by atomic mass is 10.1. The minimum Gasteiger partial charge on any atom is -0.491 e. The van der Waals surface area contributed by atoms with Crippen LogP contribution in [0.4, 0.5) is 0 Å². The monoisotopic (exact) mass is 257 g/mol. The van der Waals surface area contributed by atoms with Gasteiger partial charge >= 0.3 is 5.97 Å². The van der Waals surface area contributed by atoms with Crippen LogP contribution in [-0.2, 0) is 0 Å². The molecule has 0 aliphatic carbocycles. The van der Waals surface area contributed by atoms with E-state index in [9.17, 15) is 4.79 Å². The van der Waals surface area contributed by atoms with Crippen molar-refractivity contribution in [1.82, 2.24) is 4.98 Å². The van der Waals surface area contributed by atoms with Crippen LogP contribution in [0.2, 0.25) is 0 Å². The molecule has 4 heteroatoms. The molecule has 2 rings (SSSR count). The molecular formula is C15H15NO3. The van der Waals surface area contributed by atoms with E-state index in [-0.39, 0.29) is 11.8 Å². The summed E-state index contributed by atoms with van der Waals surface area (Å²) in [6, 6.07) is 10.9. The summed E-state index contributed by atoms with van der Waals surface area (Å²) in [5, 5.41) is 8.92. The van der Waals surface area contributed by atoms with E-state index in [0.717, 1.165) is 16.9 Å². The van der Waals surface area contributed by atoms with Crippen LogP contribution in [0.15, 0.2) is 42.6 Å². The van der Waals surface area contributed by atoms with Gasteiger partial charge < -0.3 is 9.84 Å². The Hall–Kier alpha value is -2.36. The first-order valence-electron chi connectivity index (χ1n) is 6.02. The summed E-state index contributed by atoms with van der Waals surface area (Å²) in [6.45, 7) is 3.94. The number of carbonyl (C=O) groups is 1. The summed E-state index contributed by atoms with van der Waals surface area (Å²) >= 11 is 0. The fraction of sp³-hybridized carbons (Fsp3) is 0.200. The molecule has 0 saturated carbocycles. The van der Waals surface area contributed by atoms with E-state index in [1.807, 2.05) is 38.1 Å². The zero-order chi connectivity index (χ0) is 13.8. The summed E-state index contributed by atoms with van der Waals surface area (Å²) in [7, 11) is 0. The lowest BCUT2D eigenvalue weighted by Crippen LogP contribution is -2.05. The van der Waals surface area contributed by atoms with Gasteiger partial charge in [0.15, 0.2) is 0 Å². The van der Waals surface area contributed by atoms with Gasteiger partial charge in [0.1, 0.15) is 11.4 Å². The molecule has 4 nitrogen and oxygen atoms in total. The van der Waals surface area contributed by atoms with Crippen LogP contribution in [0.1, 0.15) is 24.3 Å². The number of hydrogen-bond donors (Lipinski definition) is 1. The Morgan fingerprint density at radius 1 is 1.16 bits per heavy atom. The molecule has 0 spiro atoms. The first kappa shape index (κ1) is 13.1. The molecular weight excluding hydrogens is 242 g/mol. The van der Waals surface area contributed by atoms with Crippen molar-refractivity contribution in [3.8, 4) is 16.9 Å². The molecule has 2 aromatic rings. The van der Waals surface area contributed by atoms with Crippen LogP contribution in [-0.4, -0.2) is 22.2 Å². The first-order valence-corrected chi connectivity index (χ1v) is 6.02. The molecule has 1 aromatic carbocycles. The predicted octanol–water partition coefficient (Wildman–Crippen LogP) is 3.23. The van der Waals surface area contributed by atoms with Crippen molar-refractivity contribution in [2.45, 2.75) is 20.0 Å². The Morgan fingerprint density at radius 3 is 2.42 bits per heavy atom. The van der Waals surface area contributed by atoms with Gasteiger partial charge in [-0.15, -0.1) is 0 Å². The quantitative estimate of drug-likeness (QED) is 0.913. The van der Waals surface area contributed by atoms with Gasteiger partial charge in [-0.2, -0.15) is 0 Å². The molecule has 0 radical (unpaired) electrons. The first-order chi connectivity index (χ1) is 9.06. The largest absolute Gasteiger partial charge is 0.491 e. The molecule has 0 unspecified atom stereocenters. The third-order valence-electron chi connectivity index (χ3n) is 2.54. The molecule has 1 heterocycles. The average Bonchev–Trinajstić information content (AvgIpc) is 2.39. The third-order valence-corrected chi connectivity index (χ3v) is 2.54. The second-order valence-corrected chi connectivity index (χ2v) is 4.43. The number of carboxylic acids is 1. The summed E-state index contributed by atoms with van der Waals surface area (Å²) in [6.07, 6.45) is 1.63. The third kappa shape index (κ3) is 3.31. The van der Waals surface area contributed by atoms with E-state index in [2.05, 4.69) is 4.98 Å². The van der Waals surface area contributed by atoms with E-state index >= 15 is 0 Å². The standard InChI is InChI=1S/C15H15NO3/c1-10(2)19-13-5-3-11(4-6-13)12-7-8-16-14(9-12)15(17)18/h3-10H,1-2H3,(H,17,18). The summed E-state index contributed by atoms with van der Waals surface area (Å²) in [5.41, 5.74) is 1.80. The molecule has 0 saturated heterocycles. The van der Waals surface area contributed by atoms with Crippen molar-refractivity contribution < 1.29 is 14.6 Å². The van der Waals surface area contributed by atoms with Crippen LogP contribution in [0.3, 0.4) is 0 Å². The highest BCUT2D eigenvalue weighted by molar-refractivity contribution is 5.87. The molecule has 0 bridgehead atoms. The Kier molecular flexibility index (Phi) is 3.80. The number of nitrogens with zero attached hydrogens (tertiary/aromatic N) is 1. The van der Waals surface area contributed by atoms with Crippen molar-refractivity contribution in [1.29, 1.82) is 0 Å². The molecule has 0 fully saturated rings. The van der Waals surface area contributed by atoms with E-state index < -0.39 is 5.97 Å². The Morgan fingerprint density at radius 2 is 1.84 bits per heavy atom. The molecule has 1 aromatic heterocycles. The minimum absolute atomic E-state index is 0.0417. The van der Waals surface area contributed by atoms with Gasteiger partial charge in [-0.3, -0.25) is 0 Å². The van der Waals surface area contributed by atoms with Gasteiger partial charge in [0, 0.05) is 6.20 Å². The molecule has 0 aliphatic heterocycles. The number of benzene rings is 1. The predicted molar refractivity (Wildman–Crippen MR) is 72.4 cm³/mol. The number of ether oxygens (including phenoxy) is 1. The maximum Gasteiger partial charge on any atom is 0.354 e. The number of aromatic carboxylic acids is 1. The molecule has 98 valence electrons. The molecule has 0 atom stereocenters. The zero-order valence-corrected chi connectivity index (χ0v) is 10.8. The normalized spacial score (nSPS) is 10.5. The Labute approximate surface area is 111 Å². The zero-order valence-electron chi connectivity index (χ0n) is 10.8. The van der Waals surface area contributed by atoms with Crippen LogP contribution in [0.5, 0.6) is 5.75 Å². The van der Waals surface area contributed by atoms with E-state index in [0.29, 0.717) is 0 Å². The average molecular weight is 257 g/mol. The van der Waals surface area contributed by atoms with E-state index in [4.69, 9.17) is 9.84 Å². The van der Waals surface area contributed by atoms with Crippen molar-refractivity contribution in [3.05, 3.63) is 48.3 Å². The lowest BCUT2D eigenvalue weighted by Gasteiger charge is -2.10. The number of carboxylic acid groups (broad SMARTS) is 1. The summed E-state index contributed by atoms with van der Waals surface area (Å²) in [4.78, 5) is 14.7. The SMILES string of the molecule is CC(C)Oc1ccc(-c2ccnc(C(=O)O)c2)cc1. The molecule has 0 aliphatic rings. The van der Waals surface area contributed by atoms with Gasteiger partial charge in [0.25, 0.3) is 0 Å². The van der Waals surface area contributed by atoms with E-state index in [1.54, 1.807) is 12.1 Å². The molecule has 0 amide bonds. The Balaban J connectivity index is 2.27. The van der Waals surface area contributed by atoms with Crippen molar-refractivity contribution in [2.24, 2.45) is 0 Å². The van der Waals surface area contributed by atoms with Crippen LogP contribution >= 0.6 is 0 Å². The van der Waals surface area contributed by atoms with Gasteiger partial charge in [-0.05, 0) is 49.2 Å². The van der Waals surface area contributed by atoms with Crippen LogP contribution in [0, 0.1) is 0 Å². The number of hydrogen-bond acceptors (Lipinski definition) is 3. The lowest BCUT2D eigenvalue weighted by molar-refractivity contribution is 0.0690. The number of pyridine rings is 1. The highest BCUT2D eigenvalue weighted by atomic mass is 16.5. The van der Waals surface area contributed by atoms with Gasteiger partial charge in [-0.25, -0.2) is 9.78 Å². The summed E-state index contributed by atoms with van der Waals surface area (Å²) < 4.78 is 5.56. The van der Waals surface area contributed by atoms with Crippen LogP contribution < -0.4 is 4.74 Å². The van der Waals surface area contributed by atoms with Gasteiger partial charge in [-0.1, -0.05) is 12.1 Å². The Bertz CT molecular complexity index is 576. The second kappa shape index (κ2) is 5.52. The van der Waals surface area contributed by atoms with Crippen molar-refractivity contribution in [2.75, 3.05) is 0 Å². The highest BCUT2D eigenvalue weighted by Gasteiger charge is 2.06. The number of rotatable bonds is 4. The molecule has 19 heavy (non-hydrogen) atoms. The highest BCUT2D eigenvalue weighted by Crippen LogP contribution is 2.23. The maximum atomic E-state index is 10.9. The van der Waals surface area contributed by atoms with Crippen molar-refractivity contribution in [3.63, 3.8) is 0 Å². The maximum absolute atomic E-state index is 10.9. The fourth-order valence-electron chi connectivity index (χ4n) is 1.73. The van der Waals surface area contributed by atoms with E-state index in [1.165, 1.54) is 6.20 Å². The molecule has 1 N–H and O–H groups in total.